The van der Waals surface area contributed by atoms with Crippen molar-refractivity contribution in [1.82, 2.24) is 0 Å². The smallest absolute Gasteiger partial charge is 0.133 e. The van der Waals surface area contributed by atoms with Gasteiger partial charge in [-0.05, 0) is 57.6 Å². The second-order valence-electron chi connectivity index (χ2n) is 2.00. The largest absolute Gasteiger partial charge is 0.506 e. The third-order valence-electron chi connectivity index (χ3n) is 1.32. The van der Waals surface area contributed by atoms with Gasteiger partial charge in [-0.25, -0.2) is 0 Å². The highest BCUT2D eigenvalue weighted by molar-refractivity contribution is 14.1. The van der Waals surface area contributed by atoms with E-state index in [2.05, 4.69) is 38.5 Å². The lowest BCUT2D eigenvalue weighted by atomic mass is 10.2. The van der Waals surface area contributed by atoms with Gasteiger partial charge in [-0.15, -0.1) is 0 Å². The molecule has 1 N–H and O–H groups in total. The summed E-state index contributed by atoms with van der Waals surface area (Å²) in [6.07, 6.45) is 0. The van der Waals surface area contributed by atoms with Gasteiger partial charge in [0, 0.05) is 9.13 Å². The molecular formula is C7H6BrIO. The van der Waals surface area contributed by atoms with Crippen LogP contribution in [0.25, 0.3) is 0 Å². The Labute approximate surface area is 81.7 Å². The van der Waals surface area contributed by atoms with Crippen LogP contribution in [0.2, 0.25) is 0 Å². The zero-order chi connectivity index (χ0) is 7.72. The summed E-state index contributed by atoms with van der Waals surface area (Å²) < 4.78 is 1.84. The topological polar surface area (TPSA) is 20.2 Å². The van der Waals surface area contributed by atoms with Crippen molar-refractivity contribution in [3.8, 4) is 5.75 Å². The minimum Gasteiger partial charge on any atom is -0.506 e. The van der Waals surface area contributed by atoms with E-state index < -0.39 is 0 Å². The minimum absolute atomic E-state index is 0.340. The Morgan fingerprint density at radius 1 is 1.50 bits per heavy atom. The lowest BCUT2D eigenvalue weighted by Crippen LogP contribution is -1.80. The molecule has 0 aliphatic heterocycles. The molecule has 0 amide bonds. The molecule has 0 saturated heterocycles. The highest BCUT2D eigenvalue weighted by Gasteiger charge is 2.03. The summed E-state index contributed by atoms with van der Waals surface area (Å²) in [5, 5.41) is 9.34. The van der Waals surface area contributed by atoms with Gasteiger partial charge in [0.05, 0.1) is 4.47 Å². The number of hydrogen-bond acceptors (Lipinski definition) is 1. The predicted octanol–water partition coefficient (Wildman–Crippen LogP) is 3.07. The lowest BCUT2D eigenvalue weighted by Gasteiger charge is -2.02. The van der Waals surface area contributed by atoms with Gasteiger partial charge in [-0.2, -0.15) is 0 Å². The molecule has 0 spiro atoms. The maximum Gasteiger partial charge on any atom is 0.133 e. The molecule has 1 aromatic rings. The summed E-state index contributed by atoms with van der Waals surface area (Å²) >= 11 is 5.41. The van der Waals surface area contributed by atoms with Crippen LogP contribution in [0.3, 0.4) is 0 Å². The fourth-order valence-corrected chi connectivity index (χ4v) is 1.51. The number of halogens is 2. The van der Waals surface area contributed by atoms with Crippen LogP contribution in [-0.2, 0) is 0 Å². The number of aromatic hydroxyl groups is 1. The van der Waals surface area contributed by atoms with Gasteiger partial charge in [0.25, 0.3) is 0 Å². The molecule has 0 aromatic heterocycles. The van der Waals surface area contributed by atoms with Crippen LogP contribution in [0.5, 0.6) is 5.75 Å². The van der Waals surface area contributed by atoms with Crippen LogP contribution >= 0.6 is 38.5 Å². The van der Waals surface area contributed by atoms with Gasteiger partial charge < -0.3 is 5.11 Å². The Hall–Kier alpha value is 0.230. The first-order valence-electron chi connectivity index (χ1n) is 2.76. The second kappa shape index (κ2) is 3.09. The van der Waals surface area contributed by atoms with Gasteiger partial charge in [0.2, 0.25) is 0 Å². The van der Waals surface area contributed by atoms with E-state index in [-0.39, 0.29) is 0 Å². The van der Waals surface area contributed by atoms with Crippen molar-refractivity contribution in [3.05, 3.63) is 25.7 Å². The summed E-state index contributed by atoms with van der Waals surface area (Å²) in [5.41, 5.74) is 0.926. The fraction of sp³-hybridized carbons (Fsp3) is 0.143. The standard InChI is InChI=1S/C7H6BrIO/c1-4-6(9)3-2-5(8)7(4)10/h2-3,10H,1H3. The molecule has 0 aliphatic rings. The summed E-state index contributed by atoms with van der Waals surface area (Å²) in [5.74, 6) is 0.340. The van der Waals surface area contributed by atoms with E-state index in [1.165, 1.54) is 0 Å². The fourth-order valence-electron chi connectivity index (χ4n) is 0.642. The zero-order valence-electron chi connectivity index (χ0n) is 5.36. The van der Waals surface area contributed by atoms with E-state index in [4.69, 9.17) is 0 Å². The molecule has 54 valence electrons. The third kappa shape index (κ3) is 1.45. The van der Waals surface area contributed by atoms with Crippen molar-refractivity contribution >= 4 is 38.5 Å². The van der Waals surface area contributed by atoms with Crippen molar-refractivity contribution < 1.29 is 5.11 Å². The van der Waals surface area contributed by atoms with Crippen LogP contribution in [-0.4, -0.2) is 5.11 Å². The summed E-state index contributed by atoms with van der Waals surface area (Å²) in [6.45, 7) is 1.89. The molecule has 0 radical (unpaired) electrons. The van der Waals surface area contributed by atoms with E-state index in [1.807, 2.05) is 19.1 Å². The molecule has 3 heteroatoms. The van der Waals surface area contributed by atoms with Crippen LogP contribution in [0.4, 0.5) is 0 Å². The van der Waals surface area contributed by atoms with E-state index in [9.17, 15) is 5.11 Å². The van der Waals surface area contributed by atoms with Crippen molar-refractivity contribution in [3.63, 3.8) is 0 Å². The Balaban J connectivity index is 3.34. The Kier molecular flexibility index (Phi) is 2.57. The summed E-state index contributed by atoms with van der Waals surface area (Å²) in [4.78, 5) is 0. The van der Waals surface area contributed by atoms with Crippen LogP contribution in [0.1, 0.15) is 5.56 Å². The summed E-state index contributed by atoms with van der Waals surface area (Å²) in [6, 6.07) is 3.80. The number of benzene rings is 1. The third-order valence-corrected chi connectivity index (χ3v) is 3.12. The van der Waals surface area contributed by atoms with Gasteiger partial charge in [0.1, 0.15) is 5.75 Å². The van der Waals surface area contributed by atoms with Crippen LogP contribution in [0, 0.1) is 10.5 Å². The molecule has 0 atom stereocenters. The maximum atomic E-state index is 9.34. The first kappa shape index (κ1) is 8.33. The van der Waals surface area contributed by atoms with Crippen molar-refractivity contribution in [2.24, 2.45) is 0 Å². The quantitative estimate of drug-likeness (QED) is 0.730. The molecule has 0 fully saturated rings. The molecule has 1 rings (SSSR count). The molecule has 10 heavy (non-hydrogen) atoms. The number of phenolic OH excluding ortho intramolecular Hbond substituents is 1. The van der Waals surface area contributed by atoms with E-state index >= 15 is 0 Å². The molecule has 1 nitrogen and oxygen atoms in total. The summed E-state index contributed by atoms with van der Waals surface area (Å²) in [7, 11) is 0. The van der Waals surface area contributed by atoms with Crippen LogP contribution in [0.15, 0.2) is 16.6 Å². The zero-order valence-corrected chi connectivity index (χ0v) is 9.10. The first-order chi connectivity index (χ1) is 4.63. The van der Waals surface area contributed by atoms with Crippen molar-refractivity contribution in [2.45, 2.75) is 6.92 Å². The molecule has 0 heterocycles. The Morgan fingerprint density at radius 3 is 2.60 bits per heavy atom. The number of phenols is 1. The monoisotopic (exact) mass is 312 g/mol. The maximum absolute atomic E-state index is 9.34. The second-order valence-corrected chi connectivity index (χ2v) is 4.02. The van der Waals surface area contributed by atoms with Gasteiger partial charge in [-0.3, -0.25) is 0 Å². The number of rotatable bonds is 0. The molecule has 0 aliphatic carbocycles. The lowest BCUT2D eigenvalue weighted by molar-refractivity contribution is 0.467. The Morgan fingerprint density at radius 2 is 2.10 bits per heavy atom. The Bertz CT molecular complexity index is 233. The average molecular weight is 313 g/mol. The highest BCUT2D eigenvalue weighted by Crippen LogP contribution is 2.29. The van der Waals surface area contributed by atoms with Gasteiger partial charge in [-0.1, -0.05) is 0 Å². The molecule has 0 unspecified atom stereocenters. The molecule has 1 aromatic carbocycles. The predicted molar refractivity (Wildman–Crippen MR) is 53.3 cm³/mol. The normalized spacial score (nSPS) is 9.90. The van der Waals surface area contributed by atoms with Crippen molar-refractivity contribution in [2.75, 3.05) is 0 Å². The molecule has 0 bridgehead atoms. The van der Waals surface area contributed by atoms with E-state index in [1.54, 1.807) is 0 Å². The SMILES string of the molecule is Cc1c(I)ccc(Br)c1O. The van der Waals surface area contributed by atoms with Crippen LogP contribution < -0.4 is 0 Å². The van der Waals surface area contributed by atoms with Crippen molar-refractivity contribution in [1.29, 1.82) is 0 Å². The average Bonchev–Trinajstić information content (AvgIpc) is 1.93. The van der Waals surface area contributed by atoms with Gasteiger partial charge in [0.15, 0.2) is 0 Å². The van der Waals surface area contributed by atoms with E-state index in [0.717, 1.165) is 13.6 Å². The minimum atomic E-state index is 0.340. The van der Waals surface area contributed by atoms with Gasteiger partial charge >= 0.3 is 0 Å². The number of hydrogen-bond donors (Lipinski definition) is 1. The highest BCUT2D eigenvalue weighted by atomic mass is 127. The van der Waals surface area contributed by atoms with E-state index in [0.29, 0.717) is 5.75 Å². The first-order valence-corrected chi connectivity index (χ1v) is 4.63. The molecular weight excluding hydrogens is 307 g/mol. The molecule has 0 saturated carbocycles.